The molecule has 0 atom stereocenters. The van der Waals surface area contributed by atoms with Gasteiger partial charge in [-0.2, -0.15) is 10.2 Å². The molecular weight excluding hydrogens is 155 g/mol. The Balaban J connectivity index is 0.000001000. The summed E-state index contributed by atoms with van der Waals surface area (Å²) in [7, 11) is 0. The molecule has 0 unspecified atom stereocenters. The molecule has 1 rings (SSSR count). The molecule has 0 bridgehead atoms. The van der Waals surface area contributed by atoms with Crippen molar-refractivity contribution in [3.8, 4) is 17.8 Å². The van der Waals surface area contributed by atoms with Crippen LogP contribution < -0.4 is 0 Å². The van der Waals surface area contributed by atoms with Gasteiger partial charge in [0.25, 0.3) is 0 Å². The van der Waals surface area contributed by atoms with E-state index in [-0.39, 0.29) is 41.0 Å². The van der Waals surface area contributed by atoms with Gasteiger partial charge in [0.1, 0.15) is 11.6 Å². The fourth-order valence-electron chi connectivity index (χ4n) is 0.526. The van der Waals surface area contributed by atoms with E-state index < -0.39 is 5.88 Å². The van der Waals surface area contributed by atoms with Gasteiger partial charge in [-0.1, -0.05) is 0 Å². The van der Waals surface area contributed by atoms with Crippen LogP contribution >= 0.6 is 0 Å². The summed E-state index contributed by atoms with van der Waals surface area (Å²) in [4.78, 5) is 3.23. The van der Waals surface area contributed by atoms with Crippen molar-refractivity contribution in [2.24, 2.45) is 0 Å². The first kappa shape index (κ1) is 10.2. The monoisotopic (exact) mass is 160 g/mol. The molecule has 0 aliphatic heterocycles. The van der Waals surface area contributed by atoms with Crippen molar-refractivity contribution in [2.75, 3.05) is 0 Å². The summed E-state index contributed by atoms with van der Waals surface area (Å²) in [5, 5.41) is 25.7. The van der Waals surface area contributed by atoms with Crippen LogP contribution in [0.5, 0.6) is 11.8 Å². The second kappa shape index (κ2) is 4.19. The molecule has 1 aromatic rings. The standard InChI is InChI=1S/C6H4N2O2.Na.H/c7-3-4-1-2-5(9)8-6(4)10;;/h1-2H,(H2,8,9,10);;. The van der Waals surface area contributed by atoms with Crippen LogP contribution in [0.3, 0.4) is 0 Å². The molecule has 11 heavy (non-hydrogen) atoms. The predicted molar refractivity (Wildman–Crippen MR) is 39.4 cm³/mol. The molecule has 4 nitrogen and oxygen atoms in total. The number of hydrogen-bond donors (Lipinski definition) is 2. The predicted octanol–water partition coefficient (Wildman–Crippen LogP) is -0.284. The number of hydrogen-bond acceptors (Lipinski definition) is 4. The van der Waals surface area contributed by atoms with Crippen molar-refractivity contribution in [1.82, 2.24) is 4.98 Å². The molecule has 0 aliphatic carbocycles. The topological polar surface area (TPSA) is 77.1 Å². The fourth-order valence-corrected chi connectivity index (χ4v) is 0.526. The molecule has 0 aliphatic rings. The number of aromatic hydroxyl groups is 2. The zero-order valence-corrected chi connectivity index (χ0v) is 4.94. The van der Waals surface area contributed by atoms with Gasteiger partial charge in [-0.3, -0.25) is 0 Å². The van der Waals surface area contributed by atoms with Gasteiger partial charge in [0, 0.05) is 6.07 Å². The Hall–Kier alpha value is -0.760. The van der Waals surface area contributed by atoms with E-state index in [1.807, 2.05) is 0 Å². The number of pyridine rings is 1. The second-order valence-corrected chi connectivity index (χ2v) is 1.65. The molecule has 0 aromatic carbocycles. The van der Waals surface area contributed by atoms with Crippen molar-refractivity contribution in [3.63, 3.8) is 0 Å². The van der Waals surface area contributed by atoms with Gasteiger partial charge in [0.05, 0.1) is 0 Å². The van der Waals surface area contributed by atoms with Crippen molar-refractivity contribution in [3.05, 3.63) is 17.7 Å². The Morgan fingerprint density at radius 3 is 2.45 bits per heavy atom. The van der Waals surface area contributed by atoms with E-state index in [2.05, 4.69) is 4.98 Å². The number of nitriles is 1. The summed E-state index contributed by atoms with van der Waals surface area (Å²) < 4.78 is 0. The molecule has 0 spiro atoms. The molecule has 1 heterocycles. The van der Waals surface area contributed by atoms with Gasteiger partial charge in [0.2, 0.25) is 11.8 Å². The summed E-state index contributed by atoms with van der Waals surface area (Å²) in [5.74, 6) is -0.737. The van der Waals surface area contributed by atoms with Crippen LogP contribution in [0, 0.1) is 11.3 Å². The van der Waals surface area contributed by atoms with Gasteiger partial charge in [-0.15, -0.1) is 0 Å². The Kier molecular flexibility index (Phi) is 3.90. The summed E-state index contributed by atoms with van der Waals surface area (Å²) in [6.45, 7) is 0. The number of aromatic nitrogens is 1. The maximum atomic E-state index is 8.80. The third kappa shape index (κ3) is 2.39. The number of nitrogens with zero attached hydrogens (tertiary/aromatic N) is 2. The Morgan fingerprint density at radius 2 is 2.00 bits per heavy atom. The van der Waals surface area contributed by atoms with Crippen LogP contribution in [0.2, 0.25) is 0 Å². The van der Waals surface area contributed by atoms with Gasteiger partial charge in [0.15, 0.2) is 0 Å². The Labute approximate surface area is 85.4 Å². The van der Waals surface area contributed by atoms with E-state index in [0.29, 0.717) is 0 Å². The Morgan fingerprint density at radius 1 is 1.36 bits per heavy atom. The zero-order chi connectivity index (χ0) is 7.56. The van der Waals surface area contributed by atoms with Crippen molar-refractivity contribution >= 4 is 29.6 Å². The molecule has 52 valence electrons. The van der Waals surface area contributed by atoms with E-state index in [1.54, 1.807) is 6.07 Å². The van der Waals surface area contributed by atoms with Gasteiger partial charge in [-0.25, -0.2) is 0 Å². The minimum absolute atomic E-state index is 0. The first-order chi connectivity index (χ1) is 4.74. The molecule has 0 fully saturated rings. The molecule has 0 radical (unpaired) electrons. The van der Waals surface area contributed by atoms with Gasteiger partial charge < -0.3 is 10.2 Å². The SMILES string of the molecule is N#Cc1ccc(O)nc1O.[NaH]. The van der Waals surface area contributed by atoms with E-state index in [0.717, 1.165) is 0 Å². The van der Waals surface area contributed by atoms with E-state index in [1.165, 1.54) is 12.1 Å². The molecule has 5 heteroatoms. The van der Waals surface area contributed by atoms with Crippen molar-refractivity contribution in [2.45, 2.75) is 0 Å². The van der Waals surface area contributed by atoms with Crippen molar-refractivity contribution in [1.29, 1.82) is 5.26 Å². The van der Waals surface area contributed by atoms with Crippen LogP contribution in [-0.2, 0) is 0 Å². The quantitative estimate of drug-likeness (QED) is 0.511. The van der Waals surface area contributed by atoms with Crippen molar-refractivity contribution < 1.29 is 10.2 Å². The minimum atomic E-state index is -0.442. The summed E-state index contributed by atoms with van der Waals surface area (Å²) in [6.07, 6.45) is 0. The number of rotatable bonds is 0. The Bertz CT molecular complexity index is 295. The van der Waals surface area contributed by atoms with E-state index >= 15 is 0 Å². The van der Waals surface area contributed by atoms with Crippen LogP contribution in [-0.4, -0.2) is 44.8 Å². The first-order valence-electron chi connectivity index (χ1n) is 2.53. The van der Waals surface area contributed by atoms with Crippen LogP contribution in [0.1, 0.15) is 5.56 Å². The summed E-state index contributed by atoms with van der Waals surface area (Å²) in [6, 6.07) is 4.22. The molecule has 2 N–H and O–H groups in total. The van der Waals surface area contributed by atoms with E-state index in [9.17, 15) is 0 Å². The molecule has 0 amide bonds. The normalized spacial score (nSPS) is 7.91. The molecule has 0 saturated heterocycles. The summed E-state index contributed by atoms with van der Waals surface area (Å²) in [5.41, 5.74) is 0.0535. The molecule has 0 saturated carbocycles. The van der Waals surface area contributed by atoms with Gasteiger partial charge in [-0.05, 0) is 6.07 Å². The summed E-state index contributed by atoms with van der Waals surface area (Å²) >= 11 is 0. The average molecular weight is 160 g/mol. The fraction of sp³-hybridized carbons (Fsp3) is 0. The van der Waals surface area contributed by atoms with Crippen LogP contribution in [0.25, 0.3) is 0 Å². The molecular formula is C6H5N2NaO2. The van der Waals surface area contributed by atoms with Crippen LogP contribution in [0.15, 0.2) is 12.1 Å². The van der Waals surface area contributed by atoms with Gasteiger partial charge >= 0.3 is 29.6 Å². The van der Waals surface area contributed by atoms with E-state index in [4.69, 9.17) is 15.5 Å². The second-order valence-electron chi connectivity index (χ2n) is 1.65. The zero-order valence-electron chi connectivity index (χ0n) is 4.94. The third-order valence-corrected chi connectivity index (χ3v) is 0.981. The average Bonchev–Trinajstić information content (AvgIpc) is 1.88. The maximum absolute atomic E-state index is 8.80. The molecule has 1 aromatic heterocycles. The van der Waals surface area contributed by atoms with Crippen LogP contribution in [0.4, 0.5) is 0 Å². The third-order valence-electron chi connectivity index (χ3n) is 0.981. The first-order valence-corrected chi connectivity index (χ1v) is 2.53.